The predicted molar refractivity (Wildman–Crippen MR) is 97.6 cm³/mol. The van der Waals surface area contributed by atoms with Crippen LogP contribution in [0.3, 0.4) is 0 Å². The van der Waals surface area contributed by atoms with E-state index in [1.807, 2.05) is 12.1 Å². The number of halogens is 1. The van der Waals surface area contributed by atoms with Crippen LogP contribution < -0.4 is 10.1 Å². The Hall–Kier alpha value is -2.57. The molecule has 1 atom stereocenters. The van der Waals surface area contributed by atoms with Crippen LogP contribution in [-0.4, -0.2) is 36.2 Å². The Bertz CT molecular complexity index is 778. The minimum atomic E-state index is -1.52. The summed E-state index contributed by atoms with van der Waals surface area (Å²) in [5.41, 5.74) is -0.295. The zero-order valence-corrected chi connectivity index (χ0v) is 15.2. The number of carboxylic acid groups (broad SMARTS) is 1. The fourth-order valence-corrected chi connectivity index (χ4v) is 2.36. The number of amides is 1. The Morgan fingerprint density at radius 1 is 1.19 bits per heavy atom. The van der Waals surface area contributed by atoms with E-state index < -0.39 is 17.4 Å². The molecule has 0 aliphatic rings. The van der Waals surface area contributed by atoms with Crippen LogP contribution in [0, 0.1) is 0 Å². The second-order valence-electron chi connectivity index (χ2n) is 5.97. The van der Waals surface area contributed by atoms with Gasteiger partial charge in [-0.2, -0.15) is 0 Å². The molecule has 2 aromatic carbocycles. The Morgan fingerprint density at radius 3 is 2.50 bits per heavy atom. The number of rotatable bonds is 8. The Balaban J connectivity index is 2.06. The number of aliphatic carboxylic acids is 1. The molecule has 0 heterocycles. The lowest BCUT2D eigenvalue weighted by molar-refractivity contribution is -0.145. The number of hydrogen-bond donors (Lipinski definition) is 2. The molecule has 138 valence electrons. The summed E-state index contributed by atoms with van der Waals surface area (Å²) in [7, 11) is 1.37. The topological polar surface area (TPSA) is 84.9 Å². The fourth-order valence-electron chi connectivity index (χ4n) is 2.24. The predicted octanol–water partition coefficient (Wildman–Crippen LogP) is 3.14. The molecule has 2 rings (SSSR count). The Morgan fingerprint density at radius 2 is 1.88 bits per heavy atom. The van der Waals surface area contributed by atoms with Gasteiger partial charge in [-0.1, -0.05) is 29.8 Å². The van der Waals surface area contributed by atoms with Crippen LogP contribution in [0.25, 0.3) is 0 Å². The highest BCUT2D eigenvalue weighted by molar-refractivity contribution is 6.30. The van der Waals surface area contributed by atoms with E-state index in [1.165, 1.54) is 14.0 Å². The molecule has 26 heavy (non-hydrogen) atoms. The van der Waals surface area contributed by atoms with Gasteiger partial charge in [-0.3, -0.25) is 4.79 Å². The van der Waals surface area contributed by atoms with E-state index in [4.69, 9.17) is 21.1 Å². The molecule has 0 aliphatic heterocycles. The molecule has 1 unspecified atom stereocenters. The number of carbonyl (C=O) groups excluding carboxylic acids is 1. The standard InChI is InChI=1S/C19H20ClNO5/c1-19(12-25-2,18(23)24)21-17(22)14-4-3-5-16(10-14)26-11-13-6-8-15(20)9-7-13/h3-10H,11-12H2,1-2H3,(H,21,22)(H,23,24). The van der Waals surface area contributed by atoms with Crippen LogP contribution in [0.15, 0.2) is 48.5 Å². The van der Waals surface area contributed by atoms with E-state index >= 15 is 0 Å². The van der Waals surface area contributed by atoms with Gasteiger partial charge in [0.2, 0.25) is 0 Å². The third kappa shape index (κ3) is 5.21. The molecular formula is C19H20ClNO5. The van der Waals surface area contributed by atoms with Crippen LogP contribution in [-0.2, 0) is 16.1 Å². The molecule has 0 spiro atoms. The van der Waals surface area contributed by atoms with Crippen molar-refractivity contribution >= 4 is 23.5 Å². The molecular weight excluding hydrogens is 358 g/mol. The van der Waals surface area contributed by atoms with Crippen molar-refractivity contribution in [2.75, 3.05) is 13.7 Å². The molecule has 0 saturated carbocycles. The summed E-state index contributed by atoms with van der Waals surface area (Å²) in [6.07, 6.45) is 0. The second kappa shape index (κ2) is 8.69. The van der Waals surface area contributed by atoms with E-state index in [9.17, 15) is 14.7 Å². The highest BCUT2D eigenvalue weighted by Crippen LogP contribution is 2.17. The van der Waals surface area contributed by atoms with Crippen LogP contribution in [0.4, 0.5) is 0 Å². The van der Waals surface area contributed by atoms with Gasteiger partial charge in [0.15, 0.2) is 5.54 Å². The molecule has 1 amide bonds. The molecule has 2 aromatic rings. The summed E-state index contributed by atoms with van der Waals surface area (Å²) in [4.78, 5) is 23.8. The lowest BCUT2D eigenvalue weighted by Gasteiger charge is -2.25. The van der Waals surface area contributed by atoms with Crippen molar-refractivity contribution in [1.82, 2.24) is 5.32 Å². The van der Waals surface area contributed by atoms with Gasteiger partial charge in [0.1, 0.15) is 12.4 Å². The van der Waals surface area contributed by atoms with Gasteiger partial charge >= 0.3 is 5.97 Å². The van der Waals surface area contributed by atoms with Crippen LogP contribution >= 0.6 is 11.6 Å². The molecule has 0 aliphatic carbocycles. The largest absolute Gasteiger partial charge is 0.489 e. The third-order valence-electron chi connectivity index (χ3n) is 3.71. The lowest BCUT2D eigenvalue weighted by Crippen LogP contribution is -2.55. The monoisotopic (exact) mass is 377 g/mol. The lowest BCUT2D eigenvalue weighted by atomic mass is 10.0. The zero-order valence-electron chi connectivity index (χ0n) is 14.5. The Labute approximate surface area is 156 Å². The van der Waals surface area contributed by atoms with Crippen molar-refractivity contribution in [3.8, 4) is 5.75 Å². The SMILES string of the molecule is COCC(C)(NC(=O)c1cccc(OCc2ccc(Cl)cc2)c1)C(=O)O. The van der Waals surface area contributed by atoms with Gasteiger partial charge in [-0.05, 0) is 42.8 Å². The van der Waals surface area contributed by atoms with Crippen molar-refractivity contribution in [2.24, 2.45) is 0 Å². The summed E-state index contributed by atoms with van der Waals surface area (Å²) in [5, 5.41) is 12.4. The molecule has 0 saturated heterocycles. The van der Waals surface area contributed by atoms with Gasteiger partial charge in [0.05, 0.1) is 6.61 Å². The van der Waals surface area contributed by atoms with Crippen molar-refractivity contribution in [1.29, 1.82) is 0 Å². The van der Waals surface area contributed by atoms with Crippen LogP contribution in [0.2, 0.25) is 5.02 Å². The number of carboxylic acids is 1. The maximum atomic E-state index is 12.4. The van der Waals surface area contributed by atoms with E-state index in [0.29, 0.717) is 22.9 Å². The van der Waals surface area contributed by atoms with Crippen molar-refractivity contribution in [2.45, 2.75) is 19.1 Å². The summed E-state index contributed by atoms with van der Waals surface area (Å²) >= 11 is 5.85. The molecule has 7 heteroatoms. The average Bonchev–Trinajstić information content (AvgIpc) is 2.61. The summed E-state index contributed by atoms with van der Waals surface area (Å²) in [6.45, 7) is 1.55. The maximum absolute atomic E-state index is 12.4. The minimum absolute atomic E-state index is 0.152. The summed E-state index contributed by atoms with van der Waals surface area (Å²) in [6, 6.07) is 13.8. The fraction of sp³-hybridized carbons (Fsp3) is 0.263. The van der Waals surface area contributed by atoms with Crippen molar-refractivity contribution in [3.63, 3.8) is 0 Å². The number of carbonyl (C=O) groups is 2. The first-order valence-corrected chi connectivity index (χ1v) is 8.24. The van der Waals surface area contributed by atoms with Crippen molar-refractivity contribution < 1.29 is 24.2 Å². The third-order valence-corrected chi connectivity index (χ3v) is 3.96. The Kier molecular flexibility index (Phi) is 6.60. The van der Waals surface area contributed by atoms with Gasteiger partial charge in [-0.15, -0.1) is 0 Å². The highest BCUT2D eigenvalue weighted by Gasteiger charge is 2.35. The van der Waals surface area contributed by atoms with Crippen molar-refractivity contribution in [3.05, 3.63) is 64.7 Å². The maximum Gasteiger partial charge on any atom is 0.331 e. The molecule has 6 nitrogen and oxygen atoms in total. The smallest absolute Gasteiger partial charge is 0.331 e. The first-order chi connectivity index (χ1) is 12.3. The van der Waals surface area contributed by atoms with E-state index in [-0.39, 0.29) is 6.61 Å². The molecule has 2 N–H and O–H groups in total. The van der Waals surface area contributed by atoms with Crippen LogP contribution in [0.5, 0.6) is 5.75 Å². The molecule has 0 aromatic heterocycles. The van der Waals surface area contributed by atoms with E-state index in [1.54, 1.807) is 36.4 Å². The summed E-state index contributed by atoms with van der Waals surface area (Å²) < 4.78 is 10.6. The van der Waals surface area contributed by atoms with Gasteiger partial charge in [0, 0.05) is 17.7 Å². The molecule has 0 radical (unpaired) electrons. The van der Waals surface area contributed by atoms with Gasteiger partial charge in [-0.25, -0.2) is 4.79 Å². The number of benzene rings is 2. The van der Waals surface area contributed by atoms with Gasteiger partial charge < -0.3 is 19.9 Å². The number of nitrogens with one attached hydrogen (secondary N) is 1. The number of ether oxygens (including phenoxy) is 2. The van der Waals surface area contributed by atoms with E-state index in [0.717, 1.165) is 5.56 Å². The van der Waals surface area contributed by atoms with Gasteiger partial charge in [0.25, 0.3) is 5.91 Å². The highest BCUT2D eigenvalue weighted by atomic mass is 35.5. The average molecular weight is 378 g/mol. The van der Waals surface area contributed by atoms with Crippen LogP contribution in [0.1, 0.15) is 22.8 Å². The normalized spacial score (nSPS) is 12.9. The second-order valence-corrected chi connectivity index (χ2v) is 6.40. The molecule has 0 fully saturated rings. The first-order valence-electron chi connectivity index (χ1n) is 7.86. The van der Waals surface area contributed by atoms with E-state index in [2.05, 4.69) is 5.32 Å². The number of methoxy groups -OCH3 is 1. The quantitative estimate of drug-likeness (QED) is 0.738. The zero-order chi connectivity index (χ0) is 19.2. The minimum Gasteiger partial charge on any atom is -0.489 e. The first kappa shape index (κ1) is 19.8. The summed E-state index contributed by atoms with van der Waals surface area (Å²) in [5.74, 6) is -1.21. The molecule has 0 bridgehead atoms. The number of hydrogen-bond acceptors (Lipinski definition) is 4.